The quantitative estimate of drug-likeness (QED) is 0.583. The molecule has 1 fully saturated rings. The summed E-state index contributed by atoms with van der Waals surface area (Å²) in [6, 6.07) is 4.72. The molecule has 0 aliphatic heterocycles. The van der Waals surface area contributed by atoms with E-state index >= 15 is 0 Å². The van der Waals surface area contributed by atoms with E-state index in [1.807, 2.05) is 0 Å². The Bertz CT molecular complexity index is 612. The number of nitro groups is 1. The standard InChI is InChI=1S/C18H27N3O4/c1-13-10-16(21(24)25)8-9-17(13)19-18(23)12-20(11-14(2)22)15-6-4-3-5-7-15/h8-10,14-15,22H,3-7,11-12H2,1-2H3,(H,19,23). The monoisotopic (exact) mass is 349 g/mol. The molecule has 1 unspecified atom stereocenters. The van der Waals surface area contributed by atoms with Gasteiger partial charge in [-0.1, -0.05) is 19.3 Å². The lowest BCUT2D eigenvalue weighted by Crippen LogP contribution is -2.45. The molecule has 25 heavy (non-hydrogen) atoms. The molecule has 1 aliphatic carbocycles. The van der Waals surface area contributed by atoms with E-state index in [1.165, 1.54) is 18.6 Å². The summed E-state index contributed by atoms with van der Waals surface area (Å²) >= 11 is 0. The molecule has 2 rings (SSSR count). The van der Waals surface area contributed by atoms with Crippen LogP contribution in [0.2, 0.25) is 0 Å². The molecule has 1 saturated carbocycles. The van der Waals surface area contributed by atoms with Crippen LogP contribution in [0.3, 0.4) is 0 Å². The molecule has 1 aromatic rings. The number of aliphatic hydroxyl groups excluding tert-OH is 1. The molecule has 7 nitrogen and oxygen atoms in total. The Morgan fingerprint density at radius 2 is 2.08 bits per heavy atom. The maximum Gasteiger partial charge on any atom is 0.269 e. The van der Waals surface area contributed by atoms with Crippen molar-refractivity contribution in [1.82, 2.24) is 4.90 Å². The maximum atomic E-state index is 12.4. The van der Waals surface area contributed by atoms with Crippen LogP contribution in [-0.2, 0) is 4.79 Å². The molecule has 0 heterocycles. The molecule has 1 atom stereocenters. The van der Waals surface area contributed by atoms with Crippen molar-refractivity contribution >= 4 is 17.3 Å². The summed E-state index contributed by atoms with van der Waals surface area (Å²) in [6.07, 6.45) is 5.16. The third-order valence-corrected chi connectivity index (χ3v) is 4.63. The van der Waals surface area contributed by atoms with E-state index in [0.29, 0.717) is 23.8 Å². The van der Waals surface area contributed by atoms with E-state index in [2.05, 4.69) is 10.2 Å². The van der Waals surface area contributed by atoms with Crippen LogP contribution < -0.4 is 5.32 Å². The van der Waals surface area contributed by atoms with E-state index in [1.54, 1.807) is 19.9 Å². The van der Waals surface area contributed by atoms with Crippen molar-refractivity contribution in [1.29, 1.82) is 0 Å². The second-order valence-electron chi connectivity index (χ2n) is 6.87. The molecule has 1 amide bonds. The highest BCUT2D eigenvalue weighted by Gasteiger charge is 2.24. The highest BCUT2D eigenvalue weighted by atomic mass is 16.6. The molecule has 2 N–H and O–H groups in total. The van der Waals surface area contributed by atoms with Crippen molar-refractivity contribution in [2.75, 3.05) is 18.4 Å². The predicted molar refractivity (Wildman–Crippen MR) is 96.6 cm³/mol. The Morgan fingerprint density at radius 1 is 1.40 bits per heavy atom. The number of rotatable bonds is 7. The van der Waals surface area contributed by atoms with Crippen LogP contribution in [0.5, 0.6) is 0 Å². The number of aryl methyl sites for hydroxylation is 1. The summed E-state index contributed by atoms with van der Waals surface area (Å²) in [4.78, 5) is 24.9. The number of nitrogens with one attached hydrogen (secondary N) is 1. The molecule has 0 bridgehead atoms. The minimum absolute atomic E-state index is 0.00781. The minimum atomic E-state index is -0.490. The lowest BCUT2D eigenvalue weighted by molar-refractivity contribution is -0.384. The average Bonchev–Trinajstić information content (AvgIpc) is 2.56. The van der Waals surface area contributed by atoms with Gasteiger partial charge in [0.05, 0.1) is 17.6 Å². The van der Waals surface area contributed by atoms with E-state index in [4.69, 9.17) is 0 Å². The smallest absolute Gasteiger partial charge is 0.269 e. The predicted octanol–water partition coefficient (Wildman–Crippen LogP) is 2.86. The van der Waals surface area contributed by atoms with Crippen LogP contribution in [0.1, 0.15) is 44.6 Å². The van der Waals surface area contributed by atoms with Crippen LogP contribution in [-0.4, -0.2) is 46.1 Å². The number of aliphatic hydroxyl groups is 1. The number of amides is 1. The van der Waals surface area contributed by atoms with E-state index < -0.39 is 11.0 Å². The Labute approximate surface area is 148 Å². The molecule has 0 saturated heterocycles. The summed E-state index contributed by atoms with van der Waals surface area (Å²) in [5.41, 5.74) is 1.24. The SMILES string of the molecule is Cc1cc([N+](=O)[O-])ccc1NC(=O)CN(CC(C)O)C1CCCCC1. The summed E-state index contributed by atoms with van der Waals surface area (Å²) in [7, 11) is 0. The maximum absolute atomic E-state index is 12.4. The van der Waals surface area contributed by atoms with E-state index in [-0.39, 0.29) is 18.1 Å². The number of nitrogens with zero attached hydrogens (tertiary/aromatic N) is 2. The molecule has 7 heteroatoms. The van der Waals surface area contributed by atoms with Gasteiger partial charge in [0, 0.05) is 30.4 Å². The van der Waals surface area contributed by atoms with Gasteiger partial charge in [0.25, 0.3) is 5.69 Å². The molecule has 138 valence electrons. The first-order valence-electron chi connectivity index (χ1n) is 8.84. The number of hydrogen-bond donors (Lipinski definition) is 2. The number of anilines is 1. The Hall–Kier alpha value is -1.99. The fourth-order valence-electron chi connectivity index (χ4n) is 3.40. The van der Waals surface area contributed by atoms with Gasteiger partial charge in [0.15, 0.2) is 0 Å². The summed E-state index contributed by atoms with van der Waals surface area (Å²) in [5.74, 6) is -0.164. The van der Waals surface area contributed by atoms with Crippen molar-refractivity contribution in [3.05, 3.63) is 33.9 Å². The van der Waals surface area contributed by atoms with E-state index in [9.17, 15) is 20.0 Å². The topological polar surface area (TPSA) is 95.7 Å². The van der Waals surface area contributed by atoms with Crippen LogP contribution in [0.25, 0.3) is 0 Å². The van der Waals surface area contributed by atoms with Gasteiger partial charge < -0.3 is 10.4 Å². The molecule has 0 aromatic heterocycles. The minimum Gasteiger partial charge on any atom is -0.392 e. The van der Waals surface area contributed by atoms with Gasteiger partial charge in [-0.05, 0) is 38.3 Å². The first kappa shape index (κ1) is 19.3. The van der Waals surface area contributed by atoms with Gasteiger partial charge in [-0.15, -0.1) is 0 Å². The van der Waals surface area contributed by atoms with Gasteiger partial charge in [-0.2, -0.15) is 0 Å². The van der Waals surface area contributed by atoms with Crippen LogP contribution in [0, 0.1) is 17.0 Å². The lowest BCUT2D eigenvalue weighted by atomic mass is 9.94. The van der Waals surface area contributed by atoms with Crippen molar-refractivity contribution in [2.45, 2.75) is 58.1 Å². The zero-order valence-electron chi connectivity index (χ0n) is 14.9. The van der Waals surface area contributed by atoms with Crippen molar-refractivity contribution in [3.8, 4) is 0 Å². The highest BCUT2D eigenvalue weighted by Crippen LogP contribution is 2.24. The largest absolute Gasteiger partial charge is 0.392 e. The fraction of sp³-hybridized carbons (Fsp3) is 0.611. The zero-order valence-corrected chi connectivity index (χ0v) is 14.9. The average molecular weight is 349 g/mol. The van der Waals surface area contributed by atoms with Gasteiger partial charge in [-0.25, -0.2) is 0 Å². The van der Waals surface area contributed by atoms with Crippen LogP contribution in [0.15, 0.2) is 18.2 Å². The Morgan fingerprint density at radius 3 is 2.64 bits per heavy atom. The zero-order chi connectivity index (χ0) is 18.4. The summed E-state index contributed by atoms with van der Waals surface area (Å²) in [6.45, 7) is 4.15. The Kier molecular flexibility index (Phi) is 6.90. The number of carbonyl (C=O) groups excluding carboxylic acids is 1. The molecule has 0 radical (unpaired) electrons. The number of carbonyl (C=O) groups is 1. The third kappa shape index (κ3) is 5.79. The molecular weight excluding hydrogens is 322 g/mol. The van der Waals surface area contributed by atoms with Crippen molar-refractivity contribution in [3.63, 3.8) is 0 Å². The lowest BCUT2D eigenvalue weighted by Gasteiger charge is -2.34. The van der Waals surface area contributed by atoms with Gasteiger partial charge in [0.2, 0.25) is 5.91 Å². The van der Waals surface area contributed by atoms with Gasteiger partial charge >= 0.3 is 0 Å². The third-order valence-electron chi connectivity index (χ3n) is 4.63. The summed E-state index contributed by atoms with van der Waals surface area (Å²) < 4.78 is 0. The van der Waals surface area contributed by atoms with E-state index in [0.717, 1.165) is 25.7 Å². The normalized spacial score (nSPS) is 16.6. The highest BCUT2D eigenvalue weighted by molar-refractivity contribution is 5.93. The van der Waals surface area contributed by atoms with Crippen molar-refractivity contribution in [2.24, 2.45) is 0 Å². The fourth-order valence-corrected chi connectivity index (χ4v) is 3.40. The number of hydrogen-bond acceptors (Lipinski definition) is 5. The second-order valence-corrected chi connectivity index (χ2v) is 6.87. The molecule has 0 spiro atoms. The Balaban J connectivity index is 2.01. The number of nitro benzene ring substituents is 1. The van der Waals surface area contributed by atoms with Gasteiger partial charge in [-0.3, -0.25) is 19.8 Å². The van der Waals surface area contributed by atoms with Gasteiger partial charge in [0.1, 0.15) is 0 Å². The second kappa shape index (κ2) is 8.92. The molecule has 1 aliphatic rings. The summed E-state index contributed by atoms with van der Waals surface area (Å²) in [5, 5.41) is 23.4. The van der Waals surface area contributed by atoms with Crippen LogP contribution in [0.4, 0.5) is 11.4 Å². The molecule has 1 aromatic carbocycles. The number of benzene rings is 1. The molecular formula is C18H27N3O4. The first-order chi connectivity index (χ1) is 11.9. The first-order valence-corrected chi connectivity index (χ1v) is 8.84. The van der Waals surface area contributed by atoms with Crippen LogP contribution >= 0.6 is 0 Å². The van der Waals surface area contributed by atoms with Crippen molar-refractivity contribution < 1.29 is 14.8 Å². The number of non-ortho nitro benzene ring substituents is 1.